The fourth-order valence-electron chi connectivity index (χ4n) is 1.00. The maximum Gasteiger partial charge on any atom is 0.333 e. The first-order valence-electron chi connectivity index (χ1n) is 4.52. The number of aliphatic imine (C=N–C) groups is 2. The van der Waals surface area contributed by atoms with Crippen molar-refractivity contribution in [1.29, 1.82) is 0 Å². The van der Waals surface area contributed by atoms with E-state index in [2.05, 4.69) is 21.3 Å². The summed E-state index contributed by atoms with van der Waals surface area (Å²) in [6, 6.07) is -0.486. The minimum atomic E-state index is -0.507. The highest BCUT2D eigenvalue weighted by Crippen LogP contribution is 2.09. The minimum Gasteiger partial charge on any atom is -0.466 e. The first kappa shape index (κ1) is 14.0. The molecule has 0 aliphatic rings. The van der Waals surface area contributed by atoms with Crippen molar-refractivity contribution in [3.63, 3.8) is 0 Å². The largest absolute Gasteiger partial charge is 0.466 e. The number of carbonyl (C=O) groups excluding carboxylic acids is 3. The van der Waals surface area contributed by atoms with Gasteiger partial charge < -0.3 is 4.74 Å². The van der Waals surface area contributed by atoms with E-state index in [1.807, 2.05) is 0 Å². The first-order chi connectivity index (χ1) is 7.65. The van der Waals surface area contributed by atoms with Gasteiger partial charge in [-0.1, -0.05) is 6.58 Å². The van der Waals surface area contributed by atoms with Crippen LogP contribution in [0.1, 0.15) is 12.8 Å². The third-order valence-electron chi connectivity index (χ3n) is 1.86. The van der Waals surface area contributed by atoms with Crippen molar-refractivity contribution in [2.45, 2.75) is 18.9 Å². The summed E-state index contributed by atoms with van der Waals surface area (Å²) in [4.78, 5) is 37.7. The third kappa shape index (κ3) is 5.65. The summed E-state index contributed by atoms with van der Waals surface area (Å²) >= 11 is 0. The second kappa shape index (κ2) is 8.29. The van der Waals surface area contributed by atoms with Crippen molar-refractivity contribution in [2.24, 2.45) is 9.98 Å². The average Bonchev–Trinajstić information content (AvgIpc) is 2.31. The molecule has 6 nitrogen and oxygen atoms in total. The standard InChI is InChI=1S/C10H12N2O4/c1-8(10(15)16-2)3-4-9(12-7-14)5-11-6-13/h9H,1,3-5H2,2H3. The number of hydrogen-bond donors (Lipinski definition) is 0. The summed E-state index contributed by atoms with van der Waals surface area (Å²) in [5.74, 6) is -0.507. The Labute approximate surface area is 92.7 Å². The Balaban J connectivity index is 4.20. The average molecular weight is 224 g/mol. The van der Waals surface area contributed by atoms with Crippen LogP contribution in [0.25, 0.3) is 0 Å². The molecule has 0 saturated carbocycles. The molecular weight excluding hydrogens is 212 g/mol. The van der Waals surface area contributed by atoms with E-state index in [1.165, 1.54) is 19.3 Å². The molecule has 16 heavy (non-hydrogen) atoms. The monoisotopic (exact) mass is 224 g/mol. The Morgan fingerprint density at radius 3 is 2.62 bits per heavy atom. The second-order valence-corrected chi connectivity index (χ2v) is 2.94. The molecule has 0 aliphatic heterocycles. The highest BCUT2D eigenvalue weighted by atomic mass is 16.5. The molecule has 0 heterocycles. The van der Waals surface area contributed by atoms with Gasteiger partial charge in [-0.15, -0.1) is 0 Å². The predicted molar refractivity (Wildman–Crippen MR) is 55.3 cm³/mol. The van der Waals surface area contributed by atoms with Crippen LogP contribution in [0.5, 0.6) is 0 Å². The summed E-state index contributed by atoms with van der Waals surface area (Å²) in [6.45, 7) is 3.56. The Hall–Kier alpha value is -2.03. The molecule has 0 amide bonds. The van der Waals surface area contributed by atoms with Crippen molar-refractivity contribution < 1.29 is 19.1 Å². The van der Waals surface area contributed by atoms with Crippen LogP contribution in [0, 0.1) is 0 Å². The summed E-state index contributed by atoms with van der Waals surface area (Å²) in [7, 11) is 1.26. The molecule has 0 saturated heterocycles. The van der Waals surface area contributed by atoms with E-state index in [4.69, 9.17) is 0 Å². The Kier molecular flexibility index (Phi) is 7.24. The lowest BCUT2D eigenvalue weighted by molar-refractivity contribution is -0.136. The zero-order chi connectivity index (χ0) is 12.4. The van der Waals surface area contributed by atoms with Crippen LogP contribution in [0.4, 0.5) is 0 Å². The molecule has 1 atom stereocenters. The van der Waals surface area contributed by atoms with Crippen molar-refractivity contribution in [2.75, 3.05) is 13.7 Å². The Bertz CT molecular complexity index is 352. The molecule has 0 aromatic heterocycles. The van der Waals surface area contributed by atoms with Crippen LogP contribution >= 0.6 is 0 Å². The van der Waals surface area contributed by atoms with E-state index in [0.717, 1.165) is 0 Å². The smallest absolute Gasteiger partial charge is 0.333 e. The Morgan fingerprint density at radius 1 is 1.44 bits per heavy atom. The fraction of sp³-hybridized carbons (Fsp3) is 0.500. The van der Waals surface area contributed by atoms with Gasteiger partial charge in [0.15, 0.2) is 0 Å². The number of methoxy groups -OCH3 is 1. The zero-order valence-electron chi connectivity index (χ0n) is 8.93. The highest BCUT2D eigenvalue weighted by Gasteiger charge is 2.11. The third-order valence-corrected chi connectivity index (χ3v) is 1.86. The summed E-state index contributed by atoms with van der Waals surface area (Å²) < 4.78 is 4.45. The molecule has 0 radical (unpaired) electrons. The molecule has 0 N–H and O–H groups in total. The summed E-state index contributed by atoms with van der Waals surface area (Å²) in [5, 5.41) is 0. The molecular formula is C10H12N2O4. The van der Waals surface area contributed by atoms with Crippen molar-refractivity contribution in [1.82, 2.24) is 0 Å². The van der Waals surface area contributed by atoms with Crippen LogP contribution < -0.4 is 0 Å². The van der Waals surface area contributed by atoms with Crippen LogP contribution in [-0.4, -0.2) is 37.8 Å². The van der Waals surface area contributed by atoms with Gasteiger partial charge in [0.1, 0.15) is 0 Å². The molecule has 0 rings (SSSR count). The zero-order valence-corrected chi connectivity index (χ0v) is 8.93. The van der Waals surface area contributed by atoms with Gasteiger partial charge in [0, 0.05) is 5.57 Å². The number of carbonyl (C=O) groups is 1. The van der Waals surface area contributed by atoms with E-state index < -0.39 is 12.0 Å². The lowest BCUT2D eigenvalue weighted by Gasteiger charge is -2.07. The second-order valence-electron chi connectivity index (χ2n) is 2.94. The van der Waals surface area contributed by atoms with E-state index in [0.29, 0.717) is 12.8 Å². The Morgan fingerprint density at radius 2 is 2.12 bits per heavy atom. The number of isocyanates is 2. The molecule has 0 aliphatic carbocycles. The summed E-state index contributed by atoms with van der Waals surface area (Å²) in [6.07, 6.45) is 3.42. The molecule has 1 unspecified atom stereocenters. The van der Waals surface area contributed by atoms with Crippen LogP contribution in [0.15, 0.2) is 22.1 Å². The van der Waals surface area contributed by atoms with E-state index in [9.17, 15) is 14.4 Å². The van der Waals surface area contributed by atoms with Crippen LogP contribution in [-0.2, 0) is 19.1 Å². The molecule has 0 aromatic rings. The van der Waals surface area contributed by atoms with Crippen molar-refractivity contribution in [3.05, 3.63) is 12.2 Å². The number of ether oxygens (including phenoxy) is 1. The van der Waals surface area contributed by atoms with Gasteiger partial charge in [-0.3, -0.25) is 0 Å². The van der Waals surface area contributed by atoms with Crippen molar-refractivity contribution >= 4 is 18.1 Å². The molecule has 0 spiro atoms. The lowest BCUT2D eigenvalue weighted by Crippen LogP contribution is -2.11. The quantitative estimate of drug-likeness (QED) is 0.273. The lowest BCUT2D eigenvalue weighted by atomic mass is 10.1. The van der Waals surface area contributed by atoms with Gasteiger partial charge in [0.2, 0.25) is 12.2 Å². The maximum atomic E-state index is 11.0. The molecule has 0 fully saturated rings. The van der Waals surface area contributed by atoms with Gasteiger partial charge in [0.25, 0.3) is 0 Å². The first-order valence-corrected chi connectivity index (χ1v) is 4.52. The van der Waals surface area contributed by atoms with E-state index in [-0.39, 0.29) is 12.1 Å². The van der Waals surface area contributed by atoms with E-state index >= 15 is 0 Å². The topological polar surface area (TPSA) is 85.2 Å². The van der Waals surface area contributed by atoms with E-state index in [1.54, 1.807) is 0 Å². The predicted octanol–water partition coefficient (Wildman–Crippen LogP) is 0.536. The van der Waals surface area contributed by atoms with Gasteiger partial charge in [-0.2, -0.15) is 0 Å². The number of nitrogens with zero attached hydrogens (tertiary/aromatic N) is 2. The van der Waals surface area contributed by atoms with Gasteiger partial charge in [-0.25, -0.2) is 24.4 Å². The molecule has 0 bridgehead atoms. The van der Waals surface area contributed by atoms with Crippen LogP contribution in [0.2, 0.25) is 0 Å². The number of hydrogen-bond acceptors (Lipinski definition) is 6. The minimum absolute atomic E-state index is 0.0488. The molecule has 6 heteroatoms. The van der Waals surface area contributed by atoms with Crippen LogP contribution in [0.3, 0.4) is 0 Å². The highest BCUT2D eigenvalue weighted by molar-refractivity contribution is 5.87. The normalized spacial score (nSPS) is 10.6. The van der Waals surface area contributed by atoms with Gasteiger partial charge in [0.05, 0.1) is 19.7 Å². The van der Waals surface area contributed by atoms with Gasteiger partial charge in [-0.05, 0) is 12.8 Å². The van der Waals surface area contributed by atoms with Gasteiger partial charge >= 0.3 is 5.97 Å². The fourth-order valence-corrected chi connectivity index (χ4v) is 1.00. The molecule has 86 valence electrons. The maximum absolute atomic E-state index is 11.0. The number of esters is 1. The SMILES string of the molecule is C=C(CCC(CN=C=O)N=C=O)C(=O)OC. The summed E-state index contributed by atoms with van der Waals surface area (Å²) in [5.41, 5.74) is 0.281. The van der Waals surface area contributed by atoms with Crippen molar-refractivity contribution in [3.8, 4) is 0 Å². The number of rotatable bonds is 7. The molecule has 0 aromatic carbocycles.